The fraction of sp³-hybridized carbons (Fsp3) is 0.368. The first-order valence-corrected chi connectivity index (χ1v) is 9.83. The van der Waals surface area contributed by atoms with E-state index < -0.39 is 0 Å². The summed E-state index contributed by atoms with van der Waals surface area (Å²) in [6, 6.07) is 2.87. The molecular weight excluding hydrogens is 391 g/mol. The molecule has 0 bridgehead atoms. The quantitative estimate of drug-likeness (QED) is 0.592. The van der Waals surface area contributed by atoms with Crippen molar-refractivity contribution in [2.45, 2.75) is 13.0 Å². The number of halogens is 1. The van der Waals surface area contributed by atoms with Crippen LogP contribution >= 0.6 is 0 Å². The number of anilines is 2. The van der Waals surface area contributed by atoms with Crippen LogP contribution in [0.25, 0.3) is 5.65 Å². The van der Waals surface area contributed by atoms with Crippen molar-refractivity contribution < 1.29 is 13.9 Å². The molecule has 10 nitrogen and oxygen atoms in total. The van der Waals surface area contributed by atoms with Gasteiger partial charge in [-0.15, -0.1) is 10.2 Å². The lowest BCUT2D eigenvalue weighted by Crippen LogP contribution is -2.48. The summed E-state index contributed by atoms with van der Waals surface area (Å²) in [5.74, 6) is 0.888. The molecule has 5 rings (SSSR count). The van der Waals surface area contributed by atoms with Crippen LogP contribution in [0.4, 0.5) is 20.8 Å². The molecule has 3 aromatic rings. The molecular formula is C19H21FN8O2. The SMILES string of the molecule is O=C(Nc1cnc(NCc2c(F)ccc3c2CCO3)n2cnnc12)N1CCNCC1. The molecule has 0 atom stereocenters. The number of urea groups is 1. The minimum Gasteiger partial charge on any atom is -0.493 e. The molecule has 2 aromatic heterocycles. The molecule has 0 radical (unpaired) electrons. The van der Waals surface area contributed by atoms with Gasteiger partial charge in [0.25, 0.3) is 0 Å². The molecule has 0 saturated carbocycles. The third-order valence-corrected chi connectivity index (χ3v) is 5.34. The van der Waals surface area contributed by atoms with Crippen LogP contribution in [0.1, 0.15) is 11.1 Å². The van der Waals surface area contributed by atoms with Gasteiger partial charge in [-0.1, -0.05) is 0 Å². The van der Waals surface area contributed by atoms with Gasteiger partial charge in [-0.05, 0) is 12.1 Å². The van der Waals surface area contributed by atoms with Crippen molar-refractivity contribution in [2.75, 3.05) is 43.4 Å². The van der Waals surface area contributed by atoms with E-state index in [1.165, 1.54) is 18.6 Å². The van der Waals surface area contributed by atoms with Gasteiger partial charge in [0, 0.05) is 50.3 Å². The normalized spacial score (nSPS) is 15.7. The second-order valence-corrected chi connectivity index (χ2v) is 7.14. The lowest BCUT2D eigenvalue weighted by Gasteiger charge is -2.27. The van der Waals surface area contributed by atoms with Crippen molar-refractivity contribution in [3.63, 3.8) is 0 Å². The standard InChI is InChI=1S/C19H21FN8O2/c20-14-1-2-16-12(3-8-30-16)13(14)9-22-18-23-10-15(17-26-24-11-28(17)18)25-19(29)27-6-4-21-5-7-27/h1-2,10-11,21H,3-9H2,(H,22,23)(H,25,29). The minimum atomic E-state index is -0.286. The number of rotatable bonds is 4. The van der Waals surface area contributed by atoms with E-state index in [4.69, 9.17) is 4.74 Å². The summed E-state index contributed by atoms with van der Waals surface area (Å²) in [4.78, 5) is 18.6. The number of fused-ring (bicyclic) bond motifs is 2. The zero-order chi connectivity index (χ0) is 20.5. The third-order valence-electron chi connectivity index (χ3n) is 5.34. The van der Waals surface area contributed by atoms with Crippen molar-refractivity contribution in [1.82, 2.24) is 29.8 Å². The van der Waals surface area contributed by atoms with Gasteiger partial charge in [-0.3, -0.25) is 0 Å². The number of amides is 2. The fourth-order valence-corrected chi connectivity index (χ4v) is 3.77. The van der Waals surface area contributed by atoms with Crippen LogP contribution in [0, 0.1) is 5.82 Å². The molecule has 11 heteroatoms. The first-order valence-electron chi connectivity index (χ1n) is 9.83. The first-order chi connectivity index (χ1) is 14.7. The van der Waals surface area contributed by atoms with Crippen molar-refractivity contribution in [3.05, 3.63) is 41.6 Å². The van der Waals surface area contributed by atoms with Gasteiger partial charge < -0.3 is 25.6 Å². The largest absolute Gasteiger partial charge is 0.493 e. The minimum absolute atomic E-state index is 0.203. The molecule has 2 aliphatic rings. The highest BCUT2D eigenvalue weighted by Gasteiger charge is 2.21. The van der Waals surface area contributed by atoms with Crippen molar-refractivity contribution >= 4 is 23.3 Å². The Kier molecular flexibility index (Phi) is 4.79. The highest BCUT2D eigenvalue weighted by atomic mass is 19.1. The molecule has 2 amide bonds. The number of ether oxygens (including phenoxy) is 1. The van der Waals surface area contributed by atoms with Crippen LogP contribution in [0.5, 0.6) is 5.75 Å². The number of nitrogens with zero attached hydrogens (tertiary/aromatic N) is 5. The average molecular weight is 412 g/mol. The van der Waals surface area contributed by atoms with E-state index in [2.05, 4.69) is 31.1 Å². The maximum atomic E-state index is 14.4. The lowest BCUT2D eigenvalue weighted by molar-refractivity contribution is 0.204. The van der Waals surface area contributed by atoms with Crippen LogP contribution in [-0.2, 0) is 13.0 Å². The van der Waals surface area contributed by atoms with E-state index in [1.807, 2.05) is 0 Å². The molecule has 2 aliphatic heterocycles. The van der Waals surface area contributed by atoms with E-state index >= 15 is 0 Å². The number of nitrogens with one attached hydrogen (secondary N) is 3. The molecule has 0 unspecified atom stereocenters. The van der Waals surface area contributed by atoms with Crippen LogP contribution in [0.3, 0.4) is 0 Å². The van der Waals surface area contributed by atoms with Crippen LogP contribution in [0.2, 0.25) is 0 Å². The second kappa shape index (κ2) is 7.75. The molecule has 30 heavy (non-hydrogen) atoms. The Morgan fingerprint density at radius 3 is 3.03 bits per heavy atom. The third kappa shape index (κ3) is 3.36. The van der Waals surface area contributed by atoms with Crippen LogP contribution in [-0.4, -0.2) is 63.3 Å². The van der Waals surface area contributed by atoms with Gasteiger partial charge in [0.1, 0.15) is 23.6 Å². The van der Waals surface area contributed by atoms with Crippen molar-refractivity contribution in [3.8, 4) is 5.75 Å². The smallest absolute Gasteiger partial charge is 0.322 e. The Balaban J connectivity index is 1.36. The van der Waals surface area contributed by atoms with E-state index in [9.17, 15) is 9.18 Å². The van der Waals surface area contributed by atoms with E-state index in [0.29, 0.717) is 49.0 Å². The zero-order valence-electron chi connectivity index (χ0n) is 16.2. The van der Waals surface area contributed by atoms with E-state index in [-0.39, 0.29) is 18.4 Å². The number of piperazine rings is 1. The maximum Gasteiger partial charge on any atom is 0.322 e. The molecule has 1 aromatic carbocycles. The second-order valence-electron chi connectivity index (χ2n) is 7.14. The topological polar surface area (TPSA) is 109 Å². The number of carbonyl (C=O) groups is 1. The molecule has 0 aliphatic carbocycles. The Hall–Kier alpha value is -3.47. The average Bonchev–Trinajstić information content (AvgIpc) is 3.45. The Morgan fingerprint density at radius 1 is 1.30 bits per heavy atom. The van der Waals surface area contributed by atoms with Crippen LogP contribution < -0.4 is 20.7 Å². The fourth-order valence-electron chi connectivity index (χ4n) is 3.77. The van der Waals surface area contributed by atoms with Crippen molar-refractivity contribution in [1.29, 1.82) is 0 Å². The monoisotopic (exact) mass is 412 g/mol. The summed E-state index contributed by atoms with van der Waals surface area (Å²) in [6.45, 7) is 3.60. The van der Waals surface area contributed by atoms with Gasteiger partial charge in [0.2, 0.25) is 5.95 Å². The molecule has 4 heterocycles. The van der Waals surface area contributed by atoms with E-state index in [0.717, 1.165) is 24.4 Å². The Morgan fingerprint density at radius 2 is 2.17 bits per heavy atom. The summed E-state index contributed by atoms with van der Waals surface area (Å²) in [7, 11) is 0. The Bertz CT molecular complexity index is 1100. The maximum absolute atomic E-state index is 14.4. The lowest BCUT2D eigenvalue weighted by atomic mass is 10.0. The molecule has 1 saturated heterocycles. The molecule has 156 valence electrons. The number of carbonyl (C=O) groups excluding carboxylic acids is 1. The predicted molar refractivity (Wildman–Crippen MR) is 107 cm³/mol. The highest BCUT2D eigenvalue weighted by molar-refractivity contribution is 5.93. The summed E-state index contributed by atoms with van der Waals surface area (Å²) in [5, 5.41) is 17.3. The summed E-state index contributed by atoms with van der Waals surface area (Å²) in [6.07, 6.45) is 3.71. The predicted octanol–water partition coefficient (Wildman–Crippen LogP) is 1.25. The van der Waals surface area contributed by atoms with Gasteiger partial charge in [-0.25, -0.2) is 18.6 Å². The van der Waals surface area contributed by atoms with Gasteiger partial charge >= 0.3 is 6.03 Å². The number of hydrogen-bond donors (Lipinski definition) is 3. The van der Waals surface area contributed by atoms with Gasteiger partial charge in [0.15, 0.2) is 5.65 Å². The zero-order valence-corrected chi connectivity index (χ0v) is 16.2. The number of hydrogen-bond acceptors (Lipinski definition) is 7. The summed E-state index contributed by atoms with van der Waals surface area (Å²) in [5.41, 5.74) is 2.35. The number of benzene rings is 1. The first kappa shape index (κ1) is 18.6. The number of aromatic nitrogens is 4. The van der Waals surface area contributed by atoms with Gasteiger partial charge in [-0.2, -0.15) is 0 Å². The van der Waals surface area contributed by atoms with Crippen LogP contribution in [0.15, 0.2) is 24.7 Å². The molecule has 1 fully saturated rings. The summed E-state index contributed by atoms with van der Waals surface area (Å²) >= 11 is 0. The van der Waals surface area contributed by atoms with Crippen molar-refractivity contribution in [2.24, 2.45) is 0 Å². The Labute approximate surface area is 171 Å². The molecule has 0 spiro atoms. The van der Waals surface area contributed by atoms with Gasteiger partial charge in [0.05, 0.1) is 12.8 Å². The highest BCUT2D eigenvalue weighted by Crippen LogP contribution is 2.30. The van der Waals surface area contributed by atoms with E-state index in [1.54, 1.807) is 15.4 Å². The molecule has 3 N–H and O–H groups in total. The summed E-state index contributed by atoms with van der Waals surface area (Å²) < 4.78 is 21.5.